The van der Waals surface area contributed by atoms with Gasteiger partial charge >= 0.3 is 0 Å². The van der Waals surface area contributed by atoms with Crippen LogP contribution in [0.25, 0.3) is 0 Å². The van der Waals surface area contributed by atoms with E-state index < -0.39 is 0 Å². The topological polar surface area (TPSA) is 18.5 Å². The highest BCUT2D eigenvalue weighted by Crippen LogP contribution is 2.19. The molecule has 0 unspecified atom stereocenters. The first-order valence-electron chi connectivity index (χ1n) is 20.2. The Labute approximate surface area is 277 Å². The summed E-state index contributed by atoms with van der Waals surface area (Å²) in [5.41, 5.74) is 0. The molecule has 0 spiro atoms. The summed E-state index contributed by atoms with van der Waals surface area (Å²) in [5.74, 6) is 1.95. The Kier molecular flexibility index (Phi) is 32.2. The molecule has 0 atom stereocenters. The fraction of sp³-hybridized carbons (Fsp3) is 0.857. The van der Waals surface area contributed by atoms with E-state index in [1.165, 1.54) is 193 Å². The van der Waals surface area contributed by atoms with E-state index in [4.69, 9.17) is 9.47 Å². The lowest BCUT2D eigenvalue weighted by Gasteiger charge is -2.09. The normalized spacial score (nSPS) is 11.3. The summed E-state index contributed by atoms with van der Waals surface area (Å²) in [6, 6.07) is 8.26. The summed E-state index contributed by atoms with van der Waals surface area (Å²) < 4.78 is 11.9. The quantitative estimate of drug-likeness (QED) is 0.0700. The minimum Gasteiger partial charge on any atom is -0.494 e. The van der Waals surface area contributed by atoms with Crippen LogP contribution in [0.1, 0.15) is 219 Å². The lowest BCUT2D eigenvalue weighted by molar-refractivity contribution is 0.296. The molecule has 44 heavy (non-hydrogen) atoms. The molecule has 0 bridgehead atoms. The zero-order valence-electron chi connectivity index (χ0n) is 30.2. The molecular formula is C42H78O2. The van der Waals surface area contributed by atoms with Crippen molar-refractivity contribution in [3.05, 3.63) is 24.3 Å². The molecule has 0 aliphatic rings. The van der Waals surface area contributed by atoms with Crippen molar-refractivity contribution in [3.63, 3.8) is 0 Å². The van der Waals surface area contributed by atoms with Crippen molar-refractivity contribution < 1.29 is 9.47 Å². The summed E-state index contributed by atoms with van der Waals surface area (Å²) in [6.07, 6.45) is 44.9. The van der Waals surface area contributed by atoms with Gasteiger partial charge in [0.25, 0.3) is 0 Å². The van der Waals surface area contributed by atoms with Gasteiger partial charge in [-0.1, -0.05) is 206 Å². The average molecular weight is 615 g/mol. The van der Waals surface area contributed by atoms with E-state index in [9.17, 15) is 0 Å². The van der Waals surface area contributed by atoms with E-state index in [0.29, 0.717) is 0 Å². The number of hydrogen-bond donors (Lipinski definition) is 0. The fourth-order valence-electron chi connectivity index (χ4n) is 6.31. The Bertz CT molecular complexity index is 597. The third kappa shape index (κ3) is 29.5. The van der Waals surface area contributed by atoms with Crippen LogP contribution in [0.15, 0.2) is 24.3 Å². The van der Waals surface area contributed by atoms with Crippen LogP contribution in [0.3, 0.4) is 0 Å². The van der Waals surface area contributed by atoms with Crippen molar-refractivity contribution in [2.24, 2.45) is 0 Å². The molecule has 0 fully saturated rings. The second-order valence-electron chi connectivity index (χ2n) is 13.8. The number of benzene rings is 1. The fourth-order valence-corrected chi connectivity index (χ4v) is 6.31. The Morgan fingerprint density at radius 2 is 0.455 bits per heavy atom. The van der Waals surface area contributed by atoms with Crippen molar-refractivity contribution in [3.8, 4) is 11.5 Å². The van der Waals surface area contributed by atoms with Crippen LogP contribution in [0, 0.1) is 0 Å². The molecule has 0 amide bonds. The minimum absolute atomic E-state index is 0.831. The van der Waals surface area contributed by atoms with E-state index in [2.05, 4.69) is 38.1 Å². The van der Waals surface area contributed by atoms with Crippen LogP contribution in [0.2, 0.25) is 0 Å². The van der Waals surface area contributed by atoms with Gasteiger partial charge in [-0.3, -0.25) is 0 Å². The van der Waals surface area contributed by atoms with Crippen LogP contribution < -0.4 is 9.47 Å². The maximum absolute atomic E-state index is 5.96. The molecule has 0 N–H and O–H groups in total. The molecule has 258 valence electrons. The SMILES string of the molecule is CCCCCCCCCCCCCCCCCCOc1ccc(OCCCCCCCCCCCCCCCCCC)cc1. The number of unbranched alkanes of at least 4 members (excludes halogenated alkanes) is 30. The van der Waals surface area contributed by atoms with Crippen LogP contribution in [0.4, 0.5) is 0 Å². The summed E-state index contributed by atoms with van der Waals surface area (Å²) in [4.78, 5) is 0. The molecule has 0 saturated carbocycles. The molecule has 0 radical (unpaired) electrons. The van der Waals surface area contributed by atoms with Crippen LogP contribution in [-0.2, 0) is 0 Å². The molecule has 0 aromatic heterocycles. The highest BCUT2D eigenvalue weighted by Gasteiger charge is 1.99. The maximum Gasteiger partial charge on any atom is 0.119 e. The van der Waals surface area contributed by atoms with Crippen molar-refractivity contribution >= 4 is 0 Å². The van der Waals surface area contributed by atoms with Gasteiger partial charge in [-0.2, -0.15) is 0 Å². The maximum atomic E-state index is 5.96. The molecule has 1 aromatic carbocycles. The number of rotatable bonds is 36. The lowest BCUT2D eigenvalue weighted by atomic mass is 10.0. The zero-order valence-corrected chi connectivity index (χ0v) is 30.2. The van der Waals surface area contributed by atoms with E-state index >= 15 is 0 Å². The first-order chi connectivity index (χ1) is 21.9. The van der Waals surface area contributed by atoms with Crippen LogP contribution >= 0.6 is 0 Å². The van der Waals surface area contributed by atoms with Crippen molar-refractivity contribution in [2.45, 2.75) is 219 Å². The smallest absolute Gasteiger partial charge is 0.119 e. The number of hydrogen-bond acceptors (Lipinski definition) is 2. The van der Waals surface area contributed by atoms with Gasteiger partial charge in [0, 0.05) is 0 Å². The molecule has 1 rings (SSSR count). The predicted molar refractivity (Wildman–Crippen MR) is 197 cm³/mol. The third-order valence-corrected chi connectivity index (χ3v) is 9.36. The van der Waals surface area contributed by atoms with E-state index in [-0.39, 0.29) is 0 Å². The molecule has 0 aliphatic heterocycles. The predicted octanol–water partition coefficient (Wildman–Crippen LogP) is 15.0. The first kappa shape index (κ1) is 40.8. The first-order valence-corrected chi connectivity index (χ1v) is 20.2. The summed E-state index contributed by atoms with van der Waals surface area (Å²) in [7, 11) is 0. The molecule has 0 heterocycles. The lowest BCUT2D eigenvalue weighted by Crippen LogP contribution is -1.99. The second-order valence-corrected chi connectivity index (χ2v) is 13.8. The van der Waals surface area contributed by atoms with Crippen LogP contribution in [-0.4, -0.2) is 13.2 Å². The molecule has 2 nitrogen and oxygen atoms in total. The van der Waals surface area contributed by atoms with Gasteiger partial charge in [-0.15, -0.1) is 0 Å². The average Bonchev–Trinajstić information content (AvgIpc) is 3.04. The van der Waals surface area contributed by atoms with Crippen molar-refractivity contribution in [1.82, 2.24) is 0 Å². The molecule has 2 heteroatoms. The number of ether oxygens (including phenoxy) is 2. The Morgan fingerprint density at radius 1 is 0.273 bits per heavy atom. The van der Waals surface area contributed by atoms with Gasteiger partial charge in [0.2, 0.25) is 0 Å². The van der Waals surface area contributed by atoms with E-state index in [1.807, 2.05) is 0 Å². The zero-order chi connectivity index (χ0) is 31.4. The molecule has 0 aliphatic carbocycles. The largest absolute Gasteiger partial charge is 0.494 e. The highest BCUT2D eigenvalue weighted by molar-refractivity contribution is 5.31. The van der Waals surface area contributed by atoms with E-state index in [0.717, 1.165) is 37.6 Å². The molecular weight excluding hydrogens is 536 g/mol. The summed E-state index contributed by atoms with van der Waals surface area (Å²) in [6.45, 7) is 6.26. The Balaban J connectivity index is 1.79. The standard InChI is InChI=1S/C42H78O2/c1-3-5-7-9-11-13-15-17-19-21-23-25-27-29-31-33-39-43-41-35-37-42(38-36-41)44-40-34-32-30-28-26-24-22-20-18-16-14-12-10-8-6-4-2/h35-38H,3-34,39-40H2,1-2H3. The monoisotopic (exact) mass is 615 g/mol. The Morgan fingerprint density at radius 3 is 0.659 bits per heavy atom. The second kappa shape index (κ2) is 34.7. The third-order valence-electron chi connectivity index (χ3n) is 9.36. The molecule has 1 aromatic rings. The van der Waals surface area contributed by atoms with Gasteiger partial charge in [0.15, 0.2) is 0 Å². The summed E-state index contributed by atoms with van der Waals surface area (Å²) >= 11 is 0. The minimum atomic E-state index is 0.831. The van der Waals surface area contributed by atoms with Gasteiger partial charge in [0.1, 0.15) is 11.5 Å². The van der Waals surface area contributed by atoms with Gasteiger partial charge in [-0.05, 0) is 37.1 Å². The van der Waals surface area contributed by atoms with Gasteiger partial charge < -0.3 is 9.47 Å². The van der Waals surface area contributed by atoms with Crippen molar-refractivity contribution in [1.29, 1.82) is 0 Å². The van der Waals surface area contributed by atoms with Crippen LogP contribution in [0.5, 0.6) is 11.5 Å². The van der Waals surface area contributed by atoms with E-state index in [1.54, 1.807) is 0 Å². The Hall–Kier alpha value is -1.18. The summed E-state index contributed by atoms with van der Waals surface area (Å²) in [5, 5.41) is 0. The highest BCUT2D eigenvalue weighted by atomic mass is 16.5. The van der Waals surface area contributed by atoms with Crippen molar-refractivity contribution in [2.75, 3.05) is 13.2 Å². The van der Waals surface area contributed by atoms with Gasteiger partial charge in [-0.25, -0.2) is 0 Å². The van der Waals surface area contributed by atoms with Gasteiger partial charge in [0.05, 0.1) is 13.2 Å². The molecule has 0 saturated heterocycles.